The molecule has 4 nitrogen and oxygen atoms in total. The van der Waals surface area contributed by atoms with Crippen LogP contribution in [-0.4, -0.2) is 11.9 Å². The molecule has 0 heterocycles. The summed E-state index contributed by atoms with van der Waals surface area (Å²) in [5.41, 5.74) is 0. The molecule has 0 aliphatic heterocycles. The summed E-state index contributed by atoms with van der Waals surface area (Å²) in [5.74, 6) is -0.315. The van der Waals surface area contributed by atoms with E-state index in [1.807, 2.05) is 13.8 Å². The molecule has 0 bridgehead atoms. The van der Waals surface area contributed by atoms with Crippen molar-refractivity contribution in [3.63, 3.8) is 0 Å². The van der Waals surface area contributed by atoms with Gasteiger partial charge in [0.25, 0.3) is 0 Å². The molecule has 0 radical (unpaired) electrons. The van der Waals surface area contributed by atoms with Crippen molar-refractivity contribution in [1.29, 1.82) is 0 Å². The van der Waals surface area contributed by atoms with E-state index in [0.717, 1.165) is 12.8 Å². The van der Waals surface area contributed by atoms with E-state index in [1.54, 1.807) is 24.3 Å². The highest BCUT2D eigenvalue weighted by molar-refractivity contribution is 5.76. The fraction of sp³-hybridized carbons (Fsp3) is 0.429. The number of benzene rings is 1. The fourth-order valence-electron chi connectivity index (χ4n) is 1.59. The summed E-state index contributed by atoms with van der Waals surface area (Å²) >= 11 is 0. The molecule has 0 aromatic heterocycles. The summed E-state index contributed by atoms with van der Waals surface area (Å²) in [4.78, 5) is 22.8. The smallest absolute Gasteiger partial charge is 0.314 e. The molecule has 0 spiro atoms. The molecule has 0 fully saturated rings. The normalized spacial score (nSPS) is 10.2. The van der Waals surface area contributed by atoms with E-state index in [-0.39, 0.29) is 23.4 Å². The Bertz CT molecular complexity index is 422. The van der Waals surface area contributed by atoms with Crippen molar-refractivity contribution in [3.8, 4) is 11.5 Å². The zero-order valence-corrected chi connectivity index (χ0v) is 10.9. The van der Waals surface area contributed by atoms with Crippen LogP contribution < -0.4 is 9.47 Å². The zero-order chi connectivity index (χ0) is 13.5. The molecule has 0 saturated heterocycles. The maximum absolute atomic E-state index is 11.9. The lowest BCUT2D eigenvalue weighted by atomic mass is 10.0. The van der Waals surface area contributed by atoms with Crippen LogP contribution in [0.4, 0.5) is 0 Å². The number of para-hydroxylation sites is 2. The third kappa shape index (κ3) is 3.87. The van der Waals surface area contributed by atoms with Crippen molar-refractivity contribution in [1.82, 2.24) is 0 Å². The van der Waals surface area contributed by atoms with Gasteiger partial charge in [0.1, 0.15) is 0 Å². The number of esters is 2. The van der Waals surface area contributed by atoms with Crippen LogP contribution in [0.5, 0.6) is 11.5 Å². The predicted octanol–water partition coefficient (Wildman–Crippen LogP) is 2.95. The molecule has 1 aromatic carbocycles. The molecule has 0 aliphatic rings. The number of hydrogen-bond acceptors (Lipinski definition) is 4. The molecule has 1 rings (SSSR count). The van der Waals surface area contributed by atoms with E-state index in [9.17, 15) is 9.59 Å². The number of carbonyl (C=O) groups excluding carboxylic acids is 2. The summed E-state index contributed by atoms with van der Waals surface area (Å²) < 4.78 is 10.3. The predicted molar refractivity (Wildman–Crippen MR) is 67.5 cm³/mol. The van der Waals surface area contributed by atoms with Crippen LogP contribution in [0.1, 0.15) is 33.6 Å². The van der Waals surface area contributed by atoms with Gasteiger partial charge in [-0.05, 0) is 25.0 Å². The van der Waals surface area contributed by atoms with E-state index in [0.29, 0.717) is 0 Å². The quantitative estimate of drug-likeness (QED) is 0.595. The van der Waals surface area contributed by atoms with Gasteiger partial charge in [0, 0.05) is 6.92 Å². The number of carbonyl (C=O) groups is 2. The van der Waals surface area contributed by atoms with Crippen molar-refractivity contribution in [2.24, 2.45) is 5.92 Å². The van der Waals surface area contributed by atoms with Crippen molar-refractivity contribution >= 4 is 11.9 Å². The van der Waals surface area contributed by atoms with Crippen molar-refractivity contribution in [2.45, 2.75) is 33.6 Å². The van der Waals surface area contributed by atoms with E-state index < -0.39 is 5.97 Å². The summed E-state index contributed by atoms with van der Waals surface area (Å²) in [6.45, 7) is 5.18. The minimum absolute atomic E-state index is 0.129. The Morgan fingerprint density at radius 1 is 1.06 bits per heavy atom. The molecular formula is C14H18O4. The maximum Gasteiger partial charge on any atom is 0.314 e. The highest BCUT2D eigenvalue weighted by atomic mass is 16.6. The zero-order valence-electron chi connectivity index (χ0n) is 10.9. The van der Waals surface area contributed by atoms with Crippen LogP contribution in [-0.2, 0) is 9.59 Å². The monoisotopic (exact) mass is 250 g/mol. The van der Waals surface area contributed by atoms with Crippen LogP contribution in [0.3, 0.4) is 0 Å². The van der Waals surface area contributed by atoms with E-state index in [1.165, 1.54) is 6.92 Å². The summed E-state index contributed by atoms with van der Waals surface area (Å²) in [7, 11) is 0. The van der Waals surface area contributed by atoms with Gasteiger partial charge >= 0.3 is 11.9 Å². The van der Waals surface area contributed by atoms with Gasteiger partial charge in [0.2, 0.25) is 0 Å². The van der Waals surface area contributed by atoms with Gasteiger partial charge in [-0.2, -0.15) is 0 Å². The van der Waals surface area contributed by atoms with Gasteiger partial charge in [0.05, 0.1) is 5.92 Å². The molecule has 98 valence electrons. The van der Waals surface area contributed by atoms with Crippen molar-refractivity contribution in [2.75, 3.05) is 0 Å². The number of hydrogen-bond donors (Lipinski definition) is 0. The number of rotatable bonds is 5. The minimum atomic E-state index is -0.443. The summed E-state index contributed by atoms with van der Waals surface area (Å²) in [6, 6.07) is 6.64. The summed E-state index contributed by atoms with van der Waals surface area (Å²) in [5, 5.41) is 0. The first-order valence-corrected chi connectivity index (χ1v) is 6.07. The van der Waals surface area contributed by atoms with E-state index in [4.69, 9.17) is 9.47 Å². The molecule has 0 amide bonds. The third-order valence-electron chi connectivity index (χ3n) is 2.63. The molecule has 0 aliphatic carbocycles. The molecule has 0 N–H and O–H groups in total. The molecule has 4 heteroatoms. The molecular weight excluding hydrogens is 232 g/mol. The largest absolute Gasteiger partial charge is 0.423 e. The van der Waals surface area contributed by atoms with Gasteiger partial charge < -0.3 is 9.47 Å². The highest BCUT2D eigenvalue weighted by Crippen LogP contribution is 2.27. The second-order valence-corrected chi connectivity index (χ2v) is 3.97. The SMILES string of the molecule is CCC(CC)C(=O)Oc1ccccc1OC(C)=O. The average Bonchev–Trinajstić information content (AvgIpc) is 2.32. The highest BCUT2D eigenvalue weighted by Gasteiger charge is 2.18. The lowest BCUT2D eigenvalue weighted by molar-refractivity contribution is -0.140. The van der Waals surface area contributed by atoms with Gasteiger partial charge in [-0.1, -0.05) is 26.0 Å². The second-order valence-electron chi connectivity index (χ2n) is 3.97. The Labute approximate surface area is 107 Å². The molecule has 0 atom stereocenters. The van der Waals surface area contributed by atoms with Crippen LogP contribution in [0, 0.1) is 5.92 Å². The van der Waals surface area contributed by atoms with Gasteiger partial charge in [-0.15, -0.1) is 0 Å². The van der Waals surface area contributed by atoms with Crippen LogP contribution >= 0.6 is 0 Å². The van der Waals surface area contributed by atoms with Gasteiger partial charge in [-0.3, -0.25) is 9.59 Å². The lowest BCUT2D eigenvalue weighted by Gasteiger charge is -2.13. The van der Waals surface area contributed by atoms with Crippen LogP contribution in [0.15, 0.2) is 24.3 Å². The Balaban J connectivity index is 2.83. The summed E-state index contributed by atoms with van der Waals surface area (Å²) in [6.07, 6.45) is 1.45. The molecule has 18 heavy (non-hydrogen) atoms. The topological polar surface area (TPSA) is 52.6 Å². The average molecular weight is 250 g/mol. The van der Waals surface area contributed by atoms with Crippen LogP contribution in [0.2, 0.25) is 0 Å². The number of ether oxygens (including phenoxy) is 2. The second kappa shape index (κ2) is 6.79. The van der Waals surface area contributed by atoms with Gasteiger partial charge in [0.15, 0.2) is 11.5 Å². The van der Waals surface area contributed by atoms with Gasteiger partial charge in [-0.25, -0.2) is 0 Å². The fourth-order valence-corrected chi connectivity index (χ4v) is 1.59. The maximum atomic E-state index is 11.9. The first-order valence-electron chi connectivity index (χ1n) is 6.07. The first kappa shape index (κ1) is 14.2. The van der Waals surface area contributed by atoms with E-state index >= 15 is 0 Å². The lowest BCUT2D eigenvalue weighted by Crippen LogP contribution is -2.19. The Hall–Kier alpha value is -1.84. The molecule has 1 aromatic rings. The van der Waals surface area contributed by atoms with E-state index in [2.05, 4.69) is 0 Å². The molecule has 0 unspecified atom stereocenters. The van der Waals surface area contributed by atoms with Crippen LogP contribution in [0.25, 0.3) is 0 Å². The minimum Gasteiger partial charge on any atom is -0.423 e. The first-order chi connectivity index (χ1) is 8.58. The Kier molecular flexibility index (Phi) is 5.36. The third-order valence-corrected chi connectivity index (χ3v) is 2.63. The standard InChI is InChI=1S/C14H18O4/c1-4-11(5-2)14(16)18-13-9-7-6-8-12(13)17-10(3)15/h6-9,11H,4-5H2,1-3H3. The Morgan fingerprint density at radius 2 is 1.56 bits per heavy atom. The van der Waals surface area contributed by atoms with Crippen molar-refractivity contribution in [3.05, 3.63) is 24.3 Å². The Morgan fingerprint density at radius 3 is 2.00 bits per heavy atom. The van der Waals surface area contributed by atoms with Crippen molar-refractivity contribution < 1.29 is 19.1 Å². The molecule has 0 saturated carbocycles.